The number of halogens is 4. The third kappa shape index (κ3) is 3.93. The van der Waals surface area contributed by atoms with E-state index in [-0.39, 0.29) is 12.1 Å². The van der Waals surface area contributed by atoms with Crippen LogP contribution in [0.1, 0.15) is 21.5 Å². The molecule has 0 fully saturated rings. The molecule has 3 nitrogen and oxygen atoms in total. The van der Waals surface area contributed by atoms with Gasteiger partial charge in [-0.1, -0.05) is 12.1 Å². The van der Waals surface area contributed by atoms with E-state index in [4.69, 9.17) is 0 Å². The van der Waals surface area contributed by atoms with Crippen LogP contribution in [0.2, 0.25) is 0 Å². The van der Waals surface area contributed by atoms with Crippen molar-refractivity contribution in [3.63, 3.8) is 0 Å². The number of carbonyl (C=O) groups excluding carboxylic acids is 1. The molecule has 0 aliphatic carbocycles. The van der Waals surface area contributed by atoms with Crippen LogP contribution in [0.3, 0.4) is 0 Å². The lowest BCUT2D eigenvalue weighted by Crippen LogP contribution is -2.24. The zero-order valence-electron chi connectivity index (χ0n) is 13.4. The van der Waals surface area contributed by atoms with Crippen molar-refractivity contribution in [1.29, 1.82) is 0 Å². The second-order valence-electron chi connectivity index (χ2n) is 5.64. The van der Waals surface area contributed by atoms with Crippen molar-refractivity contribution >= 4 is 5.91 Å². The van der Waals surface area contributed by atoms with Crippen molar-refractivity contribution in [1.82, 2.24) is 9.88 Å². The summed E-state index contributed by atoms with van der Waals surface area (Å²) in [5, 5.41) is 2.54. The average molecular weight is 362 g/mol. The molecule has 0 saturated heterocycles. The fourth-order valence-electron chi connectivity index (χ4n) is 2.58. The van der Waals surface area contributed by atoms with Crippen molar-refractivity contribution < 1.29 is 22.4 Å². The topological polar surface area (TPSA) is 34.0 Å². The van der Waals surface area contributed by atoms with Crippen molar-refractivity contribution in [2.24, 2.45) is 0 Å². The Morgan fingerprint density at radius 1 is 1.00 bits per heavy atom. The quantitative estimate of drug-likeness (QED) is 0.678. The molecule has 0 aliphatic rings. The maximum Gasteiger partial charge on any atom is 0.416 e. The van der Waals surface area contributed by atoms with Crippen molar-refractivity contribution in [3.8, 4) is 5.69 Å². The summed E-state index contributed by atoms with van der Waals surface area (Å²) < 4.78 is 53.5. The molecule has 1 amide bonds. The Labute approximate surface area is 146 Å². The van der Waals surface area contributed by atoms with E-state index in [0.29, 0.717) is 17.3 Å². The predicted molar refractivity (Wildman–Crippen MR) is 88.3 cm³/mol. The van der Waals surface area contributed by atoms with E-state index in [1.54, 1.807) is 53.4 Å². The predicted octanol–water partition coefficient (Wildman–Crippen LogP) is 4.57. The lowest BCUT2D eigenvalue weighted by Gasteiger charge is -2.12. The first kappa shape index (κ1) is 17.7. The molecule has 0 aliphatic heterocycles. The van der Waals surface area contributed by atoms with Crippen LogP contribution in [-0.4, -0.2) is 10.5 Å². The standard InChI is InChI=1S/C19H14F4N2O/c20-15-10-13(9-14(11-15)19(21,22)23)12-24-18(26)16-5-1-2-6-17(16)25-7-3-4-8-25/h1-11H,12H2,(H,24,26). The molecule has 3 aromatic rings. The second kappa shape index (κ2) is 7.03. The van der Waals surface area contributed by atoms with E-state index in [1.165, 1.54) is 0 Å². The van der Waals surface area contributed by atoms with Crippen LogP contribution < -0.4 is 5.32 Å². The van der Waals surface area contributed by atoms with E-state index < -0.39 is 23.5 Å². The van der Waals surface area contributed by atoms with Crippen LogP contribution in [0.5, 0.6) is 0 Å². The molecule has 3 rings (SSSR count). The summed E-state index contributed by atoms with van der Waals surface area (Å²) in [6.45, 7) is -0.223. The molecule has 0 bridgehead atoms. The molecule has 0 unspecified atom stereocenters. The number of aromatic nitrogens is 1. The maximum absolute atomic E-state index is 13.4. The van der Waals surface area contributed by atoms with Gasteiger partial charge in [0.1, 0.15) is 5.82 Å². The monoisotopic (exact) mass is 362 g/mol. The smallest absolute Gasteiger partial charge is 0.348 e. The van der Waals surface area contributed by atoms with Crippen molar-refractivity contribution in [2.75, 3.05) is 0 Å². The molecule has 7 heteroatoms. The summed E-state index contributed by atoms with van der Waals surface area (Å²) in [6.07, 6.45) is -1.11. The number of benzene rings is 2. The average Bonchev–Trinajstić information content (AvgIpc) is 3.13. The number of carbonyl (C=O) groups is 1. The SMILES string of the molecule is O=C(NCc1cc(F)cc(C(F)(F)F)c1)c1ccccc1-n1cccc1. The minimum Gasteiger partial charge on any atom is -0.348 e. The van der Waals surface area contributed by atoms with Crippen molar-refractivity contribution in [2.45, 2.75) is 12.7 Å². The van der Waals surface area contributed by atoms with Crippen LogP contribution in [0, 0.1) is 5.82 Å². The zero-order valence-corrected chi connectivity index (χ0v) is 13.4. The van der Waals surface area contributed by atoms with Crippen LogP contribution >= 0.6 is 0 Å². The first-order valence-electron chi connectivity index (χ1n) is 7.72. The summed E-state index contributed by atoms with van der Waals surface area (Å²) in [5.74, 6) is -1.47. The van der Waals surface area contributed by atoms with Gasteiger partial charge >= 0.3 is 6.18 Å². The van der Waals surface area contributed by atoms with Gasteiger partial charge in [-0.15, -0.1) is 0 Å². The summed E-state index contributed by atoms with van der Waals surface area (Å²) >= 11 is 0. The van der Waals surface area contributed by atoms with Gasteiger partial charge in [-0.2, -0.15) is 13.2 Å². The molecule has 0 atom stereocenters. The third-order valence-electron chi connectivity index (χ3n) is 3.77. The molecule has 134 valence electrons. The first-order valence-corrected chi connectivity index (χ1v) is 7.72. The number of nitrogens with one attached hydrogen (secondary N) is 1. The van der Waals surface area contributed by atoms with Gasteiger partial charge in [-0.05, 0) is 48.0 Å². The highest BCUT2D eigenvalue weighted by atomic mass is 19.4. The van der Waals surface area contributed by atoms with Gasteiger partial charge < -0.3 is 9.88 Å². The summed E-state index contributed by atoms with van der Waals surface area (Å²) in [5.41, 5.74) is -0.0695. The van der Waals surface area contributed by atoms with E-state index in [1.807, 2.05) is 0 Å². The van der Waals surface area contributed by atoms with E-state index >= 15 is 0 Å². The third-order valence-corrected chi connectivity index (χ3v) is 3.77. The molecule has 1 aromatic heterocycles. The molecule has 0 saturated carbocycles. The maximum atomic E-state index is 13.4. The Kier molecular flexibility index (Phi) is 4.79. The first-order chi connectivity index (χ1) is 12.3. The van der Waals surface area contributed by atoms with Crippen LogP contribution in [0.15, 0.2) is 67.0 Å². The zero-order chi connectivity index (χ0) is 18.7. The van der Waals surface area contributed by atoms with Crippen LogP contribution in [-0.2, 0) is 12.7 Å². The van der Waals surface area contributed by atoms with Gasteiger partial charge in [-0.3, -0.25) is 4.79 Å². The number of rotatable bonds is 4. The summed E-state index contributed by atoms with van der Waals surface area (Å²) in [7, 11) is 0. The lowest BCUT2D eigenvalue weighted by atomic mass is 10.1. The van der Waals surface area contributed by atoms with Gasteiger partial charge in [0.2, 0.25) is 0 Å². The molecule has 0 radical (unpaired) electrons. The highest BCUT2D eigenvalue weighted by molar-refractivity contribution is 5.97. The molecule has 1 N–H and O–H groups in total. The van der Waals surface area contributed by atoms with Crippen LogP contribution in [0.4, 0.5) is 17.6 Å². The normalized spacial score (nSPS) is 11.4. The Bertz CT molecular complexity index is 918. The van der Waals surface area contributed by atoms with Gasteiger partial charge in [0.05, 0.1) is 16.8 Å². The number of alkyl halides is 3. The highest BCUT2D eigenvalue weighted by Crippen LogP contribution is 2.30. The van der Waals surface area contributed by atoms with Gasteiger partial charge in [0, 0.05) is 18.9 Å². The molecule has 2 aromatic carbocycles. The Morgan fingerprint density at radius 3 is 2.38 bits per heavy atom. The van der Waals surface area contributed by atoms with Gasteiger partial charge in [0.15, 0.2) is 0 Å². The number of hydrogen-bond donors (Lipinski definition) is 1. The minimum absolute atomic E-state index is 0.0316. The highest BCUT2D eigenvalue weighted by Gasteiger charge is 2.31. The van der Waals surface area contributed by atoms with Gasteiger partial charge in [0.25, 0.3) is 5.91 Å². The number of amides is 1. The van der Waals surface area contributed by atoms with Crippen LogP contribution in [0.25, 0.3) is 5.69 Å². The molecular weight excluding hydrogens is 348 g/mol. The van der Waals surface area contributed by atoms with E-state index in [9.17, 15) is 22.4 Å². The summed E-state index contributed by atoms with van der Waals surface area (Å²) in [6, 6.07) is 12.6. The minimum atomic E-state index is -4.65. The van der Waals surface area contributed by atoms with E-state index in [2.05, 4.69) is 5.32 Å². The lowest BCUT2D eigenvalue weighted by molar-refractivity contribution is -0.137. The Morgan fingerprint density at radius 2 is 1.69 bits per heavy atom. The fraction of sp³-hybridized carbons (Fsp3) is 0.105. The molecule has 1 heterocycles. The number of para-hydroxylation sites is 1. The second-order valence-corrected chi connectivity index (χ2v) is 5.64. The molecular formula is C19H14F4N2O. The Balaban J connectivity index is 1.80. The Hall–Kier alpha value is -3.09. The number of hydrogen-bond acceptors (Lipinski definition) is 1. The number of nitrogens with zero attached hydrogens (tertiary/aromatic N) is 1. The molecule has 0 spiro atoms. The fourth-order valence-corrected chi connectivity index (χ4v) is 2.58. The van der Waals surface area contributed by atoms with Gasteiger partial charge in [-0.25, -0.2) is 4.39 Å². The van der Waals surface area contributed by atoms with Crippen molar-refractivity contribution in [3.05, 3.63) is 89.5 Å². The molecule has 26 heavy (non-hydrogen) atoms. The summed E-state index contributed by atoms with van der Waals surface area (Å²) in [4.78, 5) is 12.5. The van der Waals surface area contributed by atoms with E-state index in [0.717, 1.165) is 12.1 Å². The largest absolute Gasteiger partial charge is 0.416 e.